The van der Waals surface area contributed by atoms with Gasteiger partial charge in [-0.25, -0.2) is 0 Å². The smallest absolute Gasteiger partial charge is 0.00465 e. The molecule has 0 heteroatoms. The number of rotatable bonds is 1. The molecule has 1 saturated carbocycles. The van der Waals surface area contributed by atoms with E-state index < -0.39 is 0 Å². The Morgan fingerprint density at radius 2 is 1.60 bits per heavy atom. The van der Waals surface area contributed by atoms with Crippen LogP contribution < -0.4 is 0 Å². The molecule has 0 aromatic heterocycles. The lowest BCUT2D eigenvalue weighted by atomic mass is 9.85. The van der Waals surface area contributed by atoms with Crippen LogP contribution in [0.1, 0.15) is 52.2 Å². The third kappa shape index (κ3) is 1.82. The Kier molecular flexibility index (Phi) is 2.22. The van der Waals surface area contributed by atoms with Gasteiger partial charge in [-0.3, -0.25) is 0 Å². The molecule has 2 rings (SSSR count). The van der Waals surface area contributed by atoms with Crippen LogP contribution in [0.4, 0.5) is 0 Å². The first-order valence-electron chi connectivity index (χ1n) is 5.95. The Balaban J connectivity index is 2.26. The van der Waals surface area contributed by atoms with Gasteiger partial charge in [0.05, 0.1) is 0 Å². The average Bonchev–Trinajstić information content (AvgIpc) is 2.75. The van der Waals surface area contributed by atoms with E-state index in [0.717, 1.165) is 5.92 Å². The first kappa shape index (κ1) is 10.7. The van der Waals surface area contributed by atoms with Crippen LogP contribution >= 0.6 is 0 Å². The summed E-state index contributed by atoms with van der Waals surface area (Å²) in [5.74, 6) is 0.859. The van der Waals surface area contributed by atoms with Crippen LogP contribution in [0.5, 0.6) is 0 Å². The minimum absolute atomic E-state index is 0.272. The van der Waals surface area contributed by atoms with Crippen molar-refractivity contribution in [3.05, 3.63) is 35.4 Å². The van der Waals surface area contributed by atoms with E-state index in [0.29, 0.717) is 5.41 Å². The molecule has 0 amide bonds. The van der Waals surface area contributed by atoms with Crippen LogP contribution in [-0.2, 0) is 10.8 Å². The van der Waals surface area contributed by atoms with Gasteiger partial charge in [0.25, 0.3) is 0 Å². The molecule has 0 bridgehead atoms. The molecular formula is C15H22. The van der Waals surface area contributed by atoms with Crippen molar-refractivity contribution in [2.75, 3.05) is 0 Å². The maximum Gasteiger partial charge on any atom is -0.00465 e. The molecule has 1 aliphatic rings. The van der Waals surface area contributed by atoms with Crippen molar-refractivity contribution in [1.82, 2.24) is 0 Å². The van der Waals surface area contributed by atoms with Gasteiger partial charge < -0.3 is 0 Å². The topological polar surface area (TPSA) is 0 Å². The standard InChI is InChI=1S/C15H22/c1-11-10-15(11,5)13-8-6-12(7-9-13)14(2,3)4/h6-9,11H,10H2,1-5H3. The third-order valence-electron chi connectivity index (χ3n) is 4.07. The highest BCUT2D eigenvalue weighted by Gasteiger charge is 2.47. The zero-order chi connectivity index (χ0) is 11.3. The first-order valence-corrected chi connectivity index (χ1v) is 5.95. The summed E-state index contributed by atoms with van der Waals surface area (Å²) < 4.78 is 0. The fraction of sp³-hybridized carbons (Fsp3) is 0.600. The minimum atomic E-state index is 0.272. The van der Waals surface area contributed by atoms with Gasteiger partial charge in [0, 0.05) is 0 Å². The fourth-order valence-corrected chi connectivity index (χ4v) is 2.33. The molecule has 0 radical (unpaired) electrons. The van der Waals surface area contributed by atoms with Crippen molar-refractivity contribution in [2.24, 2.45) is 5.92 Å². The molecule has 0 N–H and O–H groups in total. The van der Waals surface area contributed by atoms with E-state index in [1.807, 2.05) is 0 Å². The van der Waals surface area contributed by atoms with Gasteiger partial charge >= 0.3 is 0 Å². The summed E-state index contributed by atoms with van der Waals surface area (Å²) in [6.07, 6.45) is 1.35. The van der Waals surface area contributed by atoms with Crippen LogP contribution in [0.3, 0.4) is 0 Å². The van der Waals surface area contributed by atoms with Crippen molar-refractivity contribution in [3.8, 4) is 0 Å². The predicted molar refractivity (Wildman–Crippen MR) is 66.3 cm³/mol. The van der Waals surface area contributed by atoms with Crippen LogP contribution in [0.2, 0.25) is 0 Å². The van der Waals surface area contributed by atoms with Crippen molar-refractivity contribution in [1.29, 1.82) is 0 Å². The lowest BCUT2D eigenvalue weighted by Crippen LogP contribution is -2.11. The van der Waals surface area contributed by atoms with E-state index in [1.165, 1.54) is 17.5 Å². The molecule has 2 unspecified atom stereocenters. The van der Waals surface area contributed by atoms with E-state index in [2.05, 4.69) is 58.9 Å². The number of hydrogen-bond acceptors (Lipinski definition) is 0. The van der Waals surface area contributed by atoms with Gasteiger partial charge in [0.1, 0.15) is 0 Å². The second kappa shape index (κ2) is 3.10. The molecule has 82 valence electrons. The molecule has 1 aromatic carbocycles. The van der Waals surface area contributed by atoms with Crippen molar-refractivity contribution in [2.45, 2.75) is 51.9 Å². The minimum Gasteiger partial charge on any atom is -0.0616 e. The number of hydrogen-bond donors (Lipinski definition) is 0. The highest BCUT2D eigenvalue weighted by atomic mass is 14.5. The Labute approximate surface area is 93.7 Å². The third-order valence-corrected chi connectivity index (χ3v) is 4.07. The zero-order valence-electron chi connectivity index (χ0n) is 10.6. The molecule has 1 aromatic rings. The molecular weight excluding hydrogens is 180 g/mol. The molecule has 2 atom stereocenters. The highest BCUT2D eigenvalue weighted by Crippen LogP contribution is 2.53. The van der Waals surface area contributed by atoms with Crippen LogP contribution in [-0.4, -0.2) is 0 Å². The summed E-state index contributed by atoms with van der Waals surface area (Å²) in [7, 11) is 0. The molecule has 0 heterocycles. The Morgan fingerprint density at radius 1 is 1.13 bits per heavy atom. The summed E-state index contributed by atoms with van der Waals surface area (Å²) in [5.41, 5.74) is 3.69. The van der Waals surface area contributed by atoms with Gasteiger partial charge in [-0.15, -0.1) is 0 Å². The molecule has 1 fully saturated rings. The van der Waals surface area contributed by atoms with E-state index in [1.54, 1.807) is 0 Å². The fourth-order valence-electron chi connectivity index (χ4n) is 2.33. The number of benzene rings is 1. The van der Waals surface area contributed by atoms with Gasteiger partial charge in [-0.2, -0.15) is 0 Å². The monoisotopic (exact) mass is 202 g/mol. The highest BCUT2D eigenvalue weighted by molar-refractivity contribution is 5.36. The zero-order valence-corrected chi connectivity index (χ0v) is 10.6. The van der Waals surface area contributed by atoms with Gasteiger partial charge in [-0.05, 0) is 34.3 Å². The summed E-state index contributed by atoms with van der Waals surface area (Å²) in [5, 5.41) is 0. The second-order valence-electron chi connectivity index (χ2n) is 6.35. The van der Waals surface area contributed by atoms with Crippen LogP contribution in [0.15, 0.2) is 24.3 Å². The SMILES string of the molecule is CC1CC1(C)c1ccc(C(C)(C)C)cc1. The summed E-state index contributed by atoms with van der Waals surface area (Å²) in [6, 6.07) is 9.24. The van der Waals surface area contributed by atoms with Crippen LogP contribution in [0, 0.1) is 5.92 Å². The molecule has 1 aliphatic carbocycles. The lowest BCUT2D eigenvalue weighted by molar-refractivity contribution is 0.589. The predicted octanol–water partition coefficient (Wildman–Crippen LogP) is 4.28. The Bertz CT molecular complexity index is 353. The largest absolute Gasteiger partial charge is 0.0616 e. The summed E-state index contributed by atoms with van der Waals surface area (Å²) >= 11 is 0. The molecule has 0 saturated heterocycles. The summed E-state index contributed by atoms with van der Waals surface area (Å²) in [6.45, 7) is 11.5. The molecule has 0 nitrogen and oxygen atoms in total. The normalized spacial score (nSPS) is 30.3. The quantitative estimate of drug-likeness (QED) is 0.637. The van der Waals surface area contributed by atoms with Gasteiger partial charge in [0.15, 0.2) is 0 Å². The maximum atomic E-state index is 2.38. The maximum absolute atomic E-state index is 2.38. The lowest BCUT2D eigenvalue weighted by Gasteiger charge is -2.20. The Hall–Kier alpha value is -0.780. The van der Waals surface area contributed by atoms with Crippen molar-refractivity contribution in [3.63, 3.8) is 0 Å². The van der Waals surface area contributed by atoms with E-state index in [4.69, 9.17) is 0 Å². The van der Waals surface area contributed by atoms with E-state index in [-0.39, 0.29) is 5.41 Å². The van der Waals surface area contributed by atoms with Crippen molar-refractivity contribution >= 4 is 0 Å². The van der Waals surface area contributed by atoms with Gasteiger partial charge in [0.2, 0.25) is 0 Å². The van der Waals surface area contributed by atoms with Crippen molar-refractivity contribution < 1.29 is 0 Å². The average molecular weight is 202 g/mol. The Morgan fingerprint density at radius 3 is 1.93 bits per heavy atom. The van der Waals surface area contributed by atoms with Gasteiger partial charge in [-0.1, -0.05) is 58.9 Å². The van der Waals surface area contributed by atoms with Crippen LogP contribution in [0.25, 0.3) is 0 Å². The second-order valence-corrected chi connectivity index (χ2v) is 6.35. The molecule has 0 spiro atoms. The first-order chi connectivity index (χ1) is 6.84. The molecule has 15 heavy (non-hydrogen) atoms. The summed E-state index contributed by atoms with van der Waals surface area (Å²) in [4.78, 5) is 0. The molecule has 0 aliphatic heterocycles. The van der Waals surface area contributed by atoms with E-state index >= 15 is 0 Å². The van der Waals surface area contributed by atoms with E-state index in [9.17, 15) is 0 Å².